The average molecular weight is 329 g/mol. The predicted octanol–water partition coefficient (Wildman–Crippen LogP) is 5.06. The number of ether oxygens (including phenoxy) is 2. The summed E-state index contributed by atoms with van der Waals surface area (Å²) < 4.78 is 11.4. The van der Waals surface area contributed by atoms with Crippen molar-refractivity contribution in [1.29, 1.82) is 0 Å². The second kappa shape index (κ2) is 8.47. The van der Waals surface area contributed by atoms with Crippen molar-refractivity contribution >= 4 is 15.9 Å². The van der Waals surface area contributed by atoms with Crippen molar-refractivity contribution in [1.82, 2.24) is 0 Å². The quantitative estimate of drug-likeness (QED) is 0.590. The van der Waals surface area contributed by atoms with Crippen molar-refractivity contribution in [2.45, 2.75) is 40.0 Å². The Balaban J connectivity index is 2.52. The van der Waals surface area contributed by atoms with Crippen molar-refractivity contribution < 1.29 is 9.47 Å². The smallest absolute Gasteiger partial charge is 0.161 e. The normalized spacial score (nSPS) is 13.9. The fourth-order valence-corrected chi connectivity index (χ4v) is 2.67. The topological polar surface area (TPSA) is 18.5 Å². The first kappa shape index (κ1) is 16.4. The third-order valence-corrected chi connectivity index (χ3v) is 4.64. The lowest BCUT2D eigenvalue weighted by atomic mass is 9.85. The summed E-state index contributed by atoms with van der Waals surface area (Å²) in [5.74, 6) is 1.68. The van der Waals surface area contributed by atoms with E-state index in [2.05, 4.69) is 29.8 Å². The van der Waals surface area contributed by atoms with E-state index >= 15 is 0 Å². The number of para-hydroxylation sites is 2. The van der Waals surface area contributed by atoms with Crippen LogP contribution in [0.2, 0.25) is 0 Å². The molecule has 0 fully saturated rings. The Morgan fingerprint density at radius 3 is 2.21 bits per heavy atom. The highest BCUT2D eigenvalue weighted by Gasteiger charge is 2.21. The van der Waals surface area contributed by atoms with Gasteiger partial charge in [0, 0.05) is 5.33 Å². The maximum absolute atomic E-state index is 5.89. The second-order valence-corrected chi connectivity index (χ2v) is 5.73. The first-order chi connectivity index (χ1) is 9.15. The molecule has 1 rings (SSSR count). The predicted molar refractivity (Wildman–Crippen MR) is 84.5 cm³/mol. The van der Waals surface area contributed by atoms with Gasteiger partial charge in [0.2, 0.25) is 0 Å². The Kier molecular flexibility index (Phi) is 7.29. The molecule has 2 nitrogen and oxygen atoms in total. The maximum atomic E-state index is 5.89. The van der Waals surface area contributed by atoms with Crippen LogP contribution < -0.4 is 9.47 Å². The van der Waals surface area contributed by atoms with Gasteiger partial charge in [-0.05, 0) is 37.3 Å². The summed E-state index contributed by atoms with van der Waals surface area (Å²) in [4.78, 5) is 0. The van der Waals surface area contributed by atoms with Crippen molar-refractivity contribution in [2.75, 3.05) is 18.5 Å². The molecule has 0 saturated heterocycles. The molecule has 0 amide bonds. The summed E-state index contributed by atoms with van der Waals surface area (Å²) in [7, 11) is 0. The van der Waals surface area contributed by atoms with Gasteiger partial charge < -0.3 is 9.47 Å². The van der Waals surface area contributed by atoms with Crippen molar-refractivity contribution in [2.24, 2.45) is 5.41 Å². The molecule has 1 atom stereocenters. The second-order valence-electron chi connectivity index (χ2n) is 5.17. The SMILES string of the molecule is CCCC(C)(CBr)CCOc1ccccc1OCC. The number of hydrogen-bond acceptors (Lipinski definition) is 2. The van der Waals surface area contributed by atoms with Crippen LogP contribution in [0.15, 0.2) is 24.3 Å². The monoisotopic (exact) mass is 328 g/mol. The molecule has 0 aliphatic carbocycles. The number of rotatable bonds is 9. The van der Waals surface area contributed by atoms with Gasteiger partial charge in [0.1, 0.15) is 0 Å². The molecule has 0 bridgehead atoms. The summed E-state index contributed by atoms with van der Waals surface area (Å²) >= 11 is 3.62. The van der Waals surface area contributed by atoms with Gasteiger partial charge >= 0.3 is 0 Å². The molecule has 0 aliphatic rings. The molecule has 0 aromatic heterocycles. The van der Waals surface area contributed by atoms with Crippen LogP contribution in [0.25, 0.3) is 0 Å². The lowest BCUT2D eigenvalue weighted by Crippen LogP contribution is -2.21. The van der Waals surface area contributed by atoms with Gasteiger partial charge in [-0.3, -0.25) is 0 Å². The molecule has 0 saturated carbocycles. The molecule has 0 radical (unpaired) electrons. The Morgan fingerprint density at radius 2 is 1.68 bits per heavy atom. The van der Waals surface area contributed by atoms with Gasteiger partial charge in [-0.1, -0.05) is 48.3 Å². The minimum Gasteiger partial charge on any atom is -0.490 e. The fourth-order valence-electron chi connectivity index (χ4n) is 2.11. The standard InChI is InChI=1S/C16H25BrO2/c1-4-10-16(3,13-17)11-12-19-15-9-7-6-8-14(15)18-5-2/h6-9H,4-5,10-13H2,1-3H3. The third-order valence-electron chi connectivity index (χ3n) is 3.29. The molecule has 0 spiro atoms. The molecule has 3 heteroatoms. The van der Waals surface area contributed by atoms with E-state index < -0.39 is 0 Å². The molecule has 0 heterocycles. The van der Waals surface area contributed by atoms with E-state index in [0.717, 1.165) is 29.9 Å². The third kappa shape index (κ3) is 5.43. The van der Waals surface area contributed by atoms with E-state index in [1.165, 1.54) is 12.8 Å². The van der Waals surface area contributed by atoms with E-state index in [4.69, 9.17) is 9.47 Å². The van der Waals surface area contributed by atoms with Crippen LogP contribution >= 0.6 is 15.9 Å². The Bertz CT molecular complexity index is 368. The van der Waals surface area contributed by atoms with E-state index in [-0.39, 0.29) is 0 Å². The van der Waals surface area contributed by atoms with Crippen LogP contribution in [-0.2, 0) is 0 Å². The maximum Gasteiger partial charge on any atom is 0.161 e. The van der Waals surface area contributed by atoms with Crippen molar-refractivity contribution in [3.63, 3.8) is 0 Å². The zero-order valence-corrected chi connectivity index (χ0v) is 13.8. The number of halogens is 1. The summed E-state index contributed by atoms with van der Waals surface area (Å²) in [6, 6.07) is 7.87. The number of hydrogen-bond donors (Lipinski definition) is 0. The molecular weight excluding hydrogens is 304 g/mol. The van der Waals surface area contributed by atoms with Crippen LogP contribution in [0, 0.1) is 5.41 Å². The van der Waals surface area contributed by atoms with Gasteiger partial charge in [0.25, 0.3) is 0 Å². The first-order valence-corrected chi connectivity index (χ1v) is 8.18. The largest absolute Gasteiger partial charge is 0.490 e. The lowest BCUT2D eigenvalue weighted by Gasteiger charge is -2.27. The Morgan fingerprint density at radius 1 is 1.05 bits per heavy atom. The van der Waals surface area contributed by atoms with Crippen LogP contribution in [0.5, 0.6) is 11.5 Å². The van der Waals surface area contributed by atoms with Crippen LogP contribution in [0.3, 0.4) is 0 Å². The molecule has 1 aromatic rings. The zero-order chi connectivity index (χ0) is 14.1. The van der Waals surface area contributed by atoms with E-state index in [1.807, 2.05) is 31.2 Å². The molecule has 1 aromatic carbocycles. The first-order valence-electron chi connectivity index (χ1n) is 7.06. The molecular formula is C16H25BrO2. The highest BCUT2D eigenvalue weighted by atomic mass is 79.9. The van der Waals surface area contributed by atoms with E-state index in [9.17, 15) is 0 Å². The molecule has 0 aliphatic heterocycles. The van der Waals surface area contributed by atoms with Crippen molar-refractivity contribution in [3.8, 4) is 11.5 Å². The molecule has 108 valence electrons. The van der Waals surface area contributed by atoms with Gasteiger partial charge in [-0.15, -0.1) is 0 Å². The molecule has 19 heavy (non-hydrogen) atoms. The highest BCUT2D eigenvalue weighted by molar-refractivity contribution is 9.09. The minimum atomic E-state index is 0.315. The van der Waals surface area contributed by atoms with Gasteiger partial charge in [0.05, 0.1) is 13.2 Å². The summed E-state index contributed by atoms with van der Waals surface area (Å²) in [5.41, 5.74) is 0.315. The van der Waals surface area contributed by atoms with Gasteiger partial charge in [0.15, 0.2) is 11.5 Å². The van der Waals surface area contributed by atoms with E-state index in [0.29, 0.717) is 12.0 Å². The molecule has 0 N–H and O–H groups in total. The van der Waals surface area contributed by atoms with Crippen LogP contribution in [-0.4, -0.2) is 18.5 Å². The minimum absolute atomic E-state index is 0.315. The lowest BCUT2D eigenvalue weighted by molar-refractivity contribution is 0.212. The highest BCUT2D eigenvalue weighted by Crippen LogP contribution is 2.31. The van der Waals surface area contributed by atoms with E-state index in [1.54, 1.807) is 0 Å². The summed E-state index contributed by atoms with van der Waals surface area (Å²) in [6.07, 6.45) is 3.47. The average Bonchev–Trinajstić information content (AvgIpc) is 2.41. The van der Waals surface area contributed by atoms with Crippen LogP contribution in [0.4, 0.5) is 0 Å². The Hall–Kier alpha value is -0.700. The number of benzene rings is 1. The summed E-state index contributed by atoms with van der Waals surface area (Å²) in [6.45, 7) is 7.91. The zero-order valence-electron chi connectivity index (χ0n) is 12.2. The number of alkyl halides is 1. The fraction of sp³-hybridized carbons (Fsp3) is 0.625. The molecule has 1 unspecified atom stereocenters. The summed E-state index contributed by atoms with van der Waals surface area (Å²) in [5, 5.41) is 1.02. The van der Waals surface area contributed by atoms with Crippen LogP contribution in [0.1, 0.15) is 40.0 Å². The Labute approximate surface area is 125 Å². The van der Waals surface area contributed by atoms with Gasteiger partial charge in [-0.25, -0.2) is 0 Å². The van der Waals surface area contributed by atoms with Crippen molar-refractivity contribution in [3.05, 3.63) is 24.3 Å². The van der Waals surface area contributed by atoms with Gasteiger partial charge in [-0.2, -0.15) is 0 Å².